The van der Waals surface area contributed by atoms with Crippen molar-refractivity contribution in [3.63, 3.8) is 0 Å². The number of aromatic nitrogens is 5. The van der Waals surface area contributed by atoms with Gasteiger partial charge in [-0.3, -0.25) is 0 Å². The fourth-order valence-corrected chi connectivity index (χ4v) is 2.51. The molecule has 0 fully saturated rings. The van der Waals surface area contributed by atoms with Gasteiger partial charge in [0.2, 0.25) is 11.1 Å². The van der Waals surface area contributed by atoms with Crippen molar-refractivity contribution in [1.82, 2.24) is 24.8 Å². The number of benzene rings is 2. The number of halogens is 2. The third-order valence-corrected chi connectivity index (χ3v) is 3.73. The maximum Gasteiger partial charge on any atom is 0.260 e. The van der Waals surface area contributed by atoms with Crippen LogP contribution in [0.3, 0.4) is 0 Å². The number of ether oxygens (including phenoxy) is 1. The standard InChI is InChI=1S/C17H10ClFN6O/c18-17-20-8-14(19)16(24-17)26-15-6-5-11-3-1-2-4-12(11)13(15)7-23-25-9-21-22-10-25/h1-10H/b23-7+. The zero-order valence-corrected chi connectivity index (χ0v) is 13.9. The Bertz CT molecular complexity index is 1100. The lowest BCUT2D eigenvalue weighted by atomic mass is 10.0. The summed E-state index contributed by atoms with van der Waals surface area (Å²) in [5.74, 6) is -0.613. The van der Waals surface area contributed by atoms with E-state index in [-0.39, 0.29) is 11.2 Å². The van der Waals surface area contributed by atoms with Gasteiger partial charge < -0.3 is 4.74 Å². The molecule has 0 atom stereocenters. The Hall–Kier alpha value is -3.39. The lowest BCUT2D eigenvalue weighted by Gasteiger charge is -2.11. The van der Waals surface area contributed by atoms with Crippen LogP contribution in [0.2, 0.25) is 5.28 Å². The molecule has 7 nitrogen and oxygen atoms in total. The third-order valence-electron chi connectivity index (χ3n) is 3.55. The van der Waals surface area contributed by atoms with Crippen molar-refractivity contribution in [2.75, 3.05) is 0 Å². The first-order chi connectivity index (χ1) is 12.7. The monoisotopic (exact) mass is 368 g/mol. The van der Waals surface area contributed by atoms with Crippen molar-refractivity contribution in [2.24, 2.45) is 5.10 Å². The predicted octanol–water partition coefficient (Wildman–Crippen LogP) is 3.69. The van der Waals surface area contributed by atoms with Gasteiger partial charge in [0.05, 0.1) is 12.4 Å². The summed E-state index contributed by atoms with van der Waals surface area (Å²) in [6, 6.07) is 11.3. The Morgan fingerprint density at radius 3 is 2.77 bits per heavy atom. The van der Waals surface area contributed by atoms with Crippen LogP contribution in [-0.2, 0) is 0 Å². The number of rotatable bonds is 4. The van der Waals surface area contributed by atoms with Gasteiger partial charge >= 0.3 is 0 Å². The Labute approximate surface area is 151 Å². The van der Waals surface area contributed by atoms with E-state index in [4.69, 9.17) is 16.3 Å². The molecule has 0 aliphatic rings. The molecule has 26 heavy (non-hydrogen) atoms. The van der Waals surface area contributed by atoms with E-state index in [0.29, 0.717) is 11.3 Å². The molecule has 2 aromatic heterocycles. The number of nitrogens with zero attached hydrogens (tertiary/aromatic N) is 6. The van der Waals surface area contributed by atoms with Crippen LogP contribution in [0, 0.1) is 5.82 Å². The van der Waals surface area contributed by atoms with E-state index in [0.717, 1.165) is 17.0 Å². The van der Waals surface area contributed by atoms with E-state index >= 15 is 0 Å². The molecule has 0 radical (unpaired) electrons. The van der Waals surface area contributed by atoms with Gasteiger partial charge in [0.25, 0.3) is 5.88 Å². The molecule has 4 aromatic rings. The Morgan fingerprint density at radius 1 is 1.12 bits per heavy atom. The molecule has 128 valence electrons. The summed E-state index contributed by atoms with van der Waals surface area (Å²) in [5.41, 5.74) is 0.644. The van der Waals surface area contributed by atoms with Gasteiger partial charge in [-0.25, -0.2) is 9.66 Å². The van der Waals surface area contributed by atoms with E-state index in [9.17, 15) is 4.39 Å². The van der Waals surface area contributed by atoms with Gasteiger partial charge in [0.15, 0.2) is 0 Å². The summed E-state index contributed by atoms with van der Waals surface area (Å²) in [7, 11) is 0. The highest BCUT2D eigenvalue weighted by atomic mass is 35.5. The summed E-state index contributed by atoms with van der Waals surface area (Å²) in [5, 5.41) is 13.4. The summed E-state index contributed by atoms with van der Waals surface area (Å²) < 4.78 is 21.0. The highest BCUT2D eigenvalue weighted by Crippen LogP contribution is 2.31. The normalized spacial score (nSPS) is 11.3. The fourth-order valence-electron chi connectivity index (χ4n) is 2.38. The average molecular weight is 369 g/mol. The number of hydrogen-bond acceptors (Lipinski definition) is 6. The second-order valence-electron chi connectivity index (χ2n) is 5.18. The largest absolute Gasteiger partial charge is 0.436 e. The smallest absolute Gasteiger partial charge is 0.260 e. The quantitative estimate of drug-likeness (QED) is 0.405. The van der Waals surface area contributed by atoms with Gasteiger partial charge in [-0.15, -0.1) is 10.2 Å². The van der Waals surface area contributed by atoms with E-state index < -0.39 is 5.82 Å². The fraction of sp³-hybridized carbons (Fsp3) is 0. The molecule has 0 bridgehead atoms. The molecule has 0 aliphatic carbocycles. The van der Waals surface area contributed by atoms with E-state index in [1.54, 1.807) is 12.3 Å². The first-order valence-corrected chi connectivity index (χ1v) is 7.85. The first kappa shape index (κ1) is 16.1. The van der Waals surface area contributed by atoms with Crippen molar-refractivity contribution in [3.05, 3.63) is 71.9 Å². The molecule has 2 heterocycles. The van der Waals surface area contributed by atoms with Crippen LogP contribution in [0.25, 0.3) is 10.8 Å². The van der Waals surface area contributed by atoms with Crippen molar-refractivity contribution in [1.29, 1.82) is 0 Å². The topological polar surface area (TPSA) is 78.1 Å². The maximum atomic E-state index is 13.9. The second-order valence-corrected chi connectivity index (χ2v) is 5.52. The van der Waals surface area contributed by atoms with Gasteiger partial charge in [-0.2, -0.15) is 14.5 Å². The molecular weight excluding hydrogens is 359 g/mol. The number of fused-ring (bicyclic) bond motifs is 1. The maximum absolute atomic E-state index is 13.9. The van der Waals surface area contributed by atoms with Crippen molar-refractivity contribution < 1.29 is 9.13 Å². The van der Waals surface area contributed by atoms with Crippen LogP contribution in [0.5, 0.6) is 11.6 Å². The lowest BCUT2D eigenvalue weighted by molar-refractivity contribution is 0.420. The third kappa shape index (κ3) is 3.22. The molecule has 0 spiro atoms. The van der Waals surface area contributed by atoms with E-state index in [1.165, 1.54) is 17.3 Å². The average Bonchev–Trinajstić information content (AvgIpc) is 3.17. The summed E-state index contributed by atoms with van der Waals surface area (Å²) in [4.78, 5) is 7.37. The van der Waals surface area contributed by atoms with Crippen LogP contribution in [0.4, 0.5) is 4.39 Å². The zero-order chi connectivity index (χ0) is 17.9. The Balaban J connectivity index is 1.83. The van der Waals surface area contributed by atoms with E-state index in [2.05, 4.69) is 25.3 Å². The minimum absolute atomic E-state index is 0.109. The lowest BCUT2D eigenvalue weighted by Crippen LogP contribution is -1.98. The minimum atomic E-state index is -0.718. The molecule has 0 amide bonds. The Morgan fingerprint density at radius 2 is 1.92 bits per heavy atom. The summed E-state index contributed by atoms with van der Waals surface area (Å²) >= 11 is 5.73. The van der Waals surface area contributed by atoms with Crippen LogP contribution in [-0.4, -0.2) is 31.1 Å². The molecular formula is C17H10ClFN6O. The van der Waals surface area contributed by atoms with Gasteiger partial charge in [0, 0.05) is 5.56 Å². The molecule has 0 saturated carbocycles. The SMILES string of the molecule is Fc1cnc(Cl)nc1Oc1ccc2ccccc2c1/C=N/n1cnnc1. The molecule has 4 rings (SSSR count). The molecule has 9 heteroatoms. The van der Waals surface area contributed by atoms with Crippen molar-refractivity contribution >= 4 is 28.6 Å². The van der Waals surface area contributed by atoms with Crippen LogP contribution < -0.4 is 4.74 Å². The molecule has 2 aromatic carbocycles. The second kappa shape index (κ2) is 6.85. The molecule has 0 saturated heterocycles. The molecule has 0 N–H and O–H groups in total. The number of hydrogen-bond donors (Lipinski definition) is 0. The molecule has 0 unspecified atom stereocenters. The van der Waals surface area contributed by atoms with Crippen LogP contribution >= 0.6 is 11.6 Å². The zero-order valence-electron chi connectivity index (χ0n) is 13.1. The first-order valence-electron chi connectivity index (χ1n) is 7.47. The summed E-state index contributed by atoms with van der Waals surface area (Å²) in [6.45, 7) is 0. The van der Waals surface area contributed by atoms with Crippen LogP contribution in [0.15, 0.2) is 60.4 Å². The minimum Gasteiger partial charge on any atom is -0.436 e. The van der Waals surface area contributed by atoms with Crippen LogP contribution in [0.1, 0.15) is 5.56 Å². The van der Waals surface area contributed by atoms with Crippen molar-refractivity contribution in [3.8, 4) is 11.6 Å². The Kier molecular flexibility index (Phi) is 4.24. The predicted molar refractivity (Wildman–Crippen MR) is 94.0 cm³/mol. The van der Waals surface area contributed by atoms with Gasteiger partial charge in [-0.05, 0) is 28.4 Å². The van der Waals surface area contributed by atoms with Gasteiger partial charge in [-0.1, -0.05) is 30.3 Å². The van der Waals surface area contributed by atoms with E-state index in [1.807, 2.05) is 30.3 Å². The van der Waals surface area contributed by atoms with Gasteiger partial charge in [0.1, 0.15) is 18.4 Å². The highest BCUT2D eigenvalue weighted by molar-refractivity contribution is 6.28. The molecule has 0 aliphatic heterocycles. The summed E-state index contributed by atoms with van der Waals surface area (Å²) in [6.07, 6.45) is 5.44. The highest BCUT2D eigenvalue weighted by Gasteiger charge is 2.13. The van der Waals surface area contributed by atoms with Crippen molar-refractivity contribution in [2.45, 2.75) is 0 Å².